The van der Waals surface area contributed by atoms with Gasteiger partial charge in [-0.25, -0.2) is 0 Å². The Balaban J connectivity index is 0.00000113. The van der Waals surface area contributed by atoms with Crippen LogP contribution < -0.4 is 10.6 Å². The molecular weight excluding hydrogens is 377 g/mol. The lowest BCUT2D eigenvalue weighted by atomic mass is 9.93. The molecule has 4 nitrogen and oxygen atoms in total. The number of rotatable bonds is 3. The third-order valence-electron chi connectivity index (χ3n) is 4.40. The van der Waals surface area contributed by atoms with Gasteiger partial charge in [0, 0.05) is 52.7 Å². The van der Waals surface area contributed by atoms with E-state index in [1.165, 1.54) is 4.88 Å². The van der Waals surface area contributed by atoms with E-state index in [0.29, 0.717) is 0 Å². The summed E-state index contributed by atoms with van der Waals surface area (Å²) in [5, 5.41) is 10.6. The zero-order valence-electron chi connectivity index (χ0n) is 13.3. The van der Waals surface area contributed by atoms with Crippen molar-refractivity contribution in [2.75, 3.05) is 18.4 Å². The summed E-state index contributed by atoms with van der Waals surface area (Å²) in [6, 6.07) is 12.0. The number of aromatic nitrogens is 1. The second-order valence-corrected chi connectivity index (χ2v) is 6.76. The molecule has 1 saturated heterocycles. The second-order valence-electron chi connectivity index (χ2n) is 5.78. The summed E-state index contributed by atoms with van der Waals surface area (Å²) < 4.78 is 0. The Labute approximate surface area is 162 Å². The maximum Gasteiger partial charge on any atom is 0.229 e. The van der Waals surface area contributed by atoms with Gasteiger partial charge in [-0.15, -0.1) is 36.2 Å². The summed E-state index contributed by atoms with van der Waals surface area (Å²) >= 11 is 1.72. The number of hydrogen-bond acceptors (Lipinski definition) is 4. The van der Waals surface area contributed by atoms with E-state index in [-0.39, 0.29) is 42.6 Å². The minimum absolute atomic E-state index is 0. The summed E-state index contributed by atoms with van der Waals surface area (Å²) in [5.74, 6) is 0.301. The number of amides is 1. The van der Waals surface area contributed by atoms with E-state index in [4.69, 9.17) is 0 Å². The molecular formula is C18H19Cl2N3OS. The first-order chi connectivity index (χ1) is 11.3. The second kappa shape index (κ2) is 8.63. The van der Waals surface area contributed by atoms with E-state index in [2.05, 4.69) is 27.1 Å². The molecule has 0 spiro atoms. The number of carbonyl (C=O) groups excluding carboxylic acids is 1. The average Bonchev–Trinajstić information content (AvgIpc) is 3.26. The molecule has 1 amide bonds. The molecule has 0 radical (unpaired) electrons. The minimum Gasteiger partial charge on any atom is -0.325 e. The van der Waals surface area contributed by atoms with Gasteiger partial charge in [0.2, 0.25) is 5.91 Å². The molecule has 1 aliphatic heterocycles. The number of nitrogens with zero attached hydrogens (tertiary/aromatic N) is 1. The minimum atomic E-state index is -0.0363. The molecule has 1 fully saturated rings. The van der Waals surface area contributed by atoms with Crippen molar-refractivity contribution in [1.82, 2.24) is 10.3 Å². The van der Waals surface area contributed by atoms with Crippen molar-refractivity contribution in [3.8, 4) is 0 Å². The predicted octanol–water partition coefficient (Wildman–Crippen LogP) is 4.08. The molecule has 3 aromatic rings. The van der Waals surface area contributed by atoms with E-state index in [1.54, 1.807) is 17.5 Å². The van der Waals surface area contributed by atoms with Gasteiger partial charge in [0.15, 0.2) is 0 Å². The van der Waals surface area contributed by atoms with Gasteiger partial charge >= 0.3 is 0 Å². The maximum atomic E-state index is 12.8. The van der Waals surface area contributed by atoms with Gasteiger partial charge in [0.05, 0.1) is 5.92 Å². The quantitative estimate of drug-likeness (QED) is 0.702. The van der Waals surface area contributed by atoms with E-state index < -0.39 is 0 Å². The number of thiophene rings is 1. The highest BCUT2D eigenvalue weighted by Crippen LogP contribution is 2.32. The molecule has 2 atom stereocenters. The fraction of sp³-hybridized carbons (Fsp3) is 0.222. The number of carbonyl (C=O) groups is 1. The van der Waals surface area contributed by atoms with Crippen molar-refractivity contribution >= 4 is 58.5 Å². The lowest BCUT2D eigenvalue weighted by molar-refractivity contribution is -0.119. The van der Waals surface area contributed by atoms with Crippen LogP contribution in [0.5, 0.6) is 0 Å². The molecule has 1 aliphatic rings. The van der Waals surface area contributed by atoms with Crippen molar-refractivity contribution in [3.63, 3.8) is 0 Å². The highest BCUT2D eigenvalue weighted by molar-refractivity contribution is 7.10. The number of pyridine rings is 1. The van der Waals surface area contributed by atoms with E-state index in [0.717, 1.165) is 29.5 Å². The van der Waals surface area contributed by atoms with Crippen LogP contribution in [0.4, 0.5) is 5.69 Å². The molecule has 2 N–H and O–H groups in total. The SMILES string of the molecule is Cl.Cl.O=C(Nc1cccc2cnccc12)C1CNCC1c1cccs1. The van der Waals surface area contributed by atoms with Gasteiger partial charge < -0.3 is 10.6 Å². The Kier molecular flexibility index (Phi) is 6.79. The summed E-state index contributed by atoms with van der Waals surface area (Å²) in [6.07, 6.45) is 3.57. The number of hydrogen-bond donors (Lipinski definition) is 2. The standard InChI is InChI=1S/C18H17N3OS.2ClH/c22-18(15-11-20-10-14(15)17-5-2-8-23-17)21-16-4-1-3-12-9-19-7-6-13(12)16;;/h1-9,14-15,20H,10-11H2,(H,21,22);2*1H. The van der Waals surface area contributed by atoms with Crippen LogP contribution in [0.25, 0.3) is 10.8 Å². The molecule has 0 saturated carbocycles. The Morgan fingerprint density at radius 2 is 2.04 bits per heavy atom. The molecule has 25 heavy (non-hydrogen) atoms. The highest BCUT2D eigenvalue weighted by Gasteiger charge is 2.34. The normalized spacial score (nSPS) is 19.0. The van der Waals surface area contributed by atoms with Crippen molar-refractivity contribution in [3.05, 3.63) is 59.0 Å². The van der Waals surface area contributed by atoms with Crippen LogP contribution >= 0.6 is 36.2 Å². The van der Waals surface area contributed by atoms with Gasteiger partial charge in [0.25, 0.3) is 0 Å². The number of benzene rings is 1. The number of fused-ring (bicyclic) bond motifs is 1. The van der Waals surface area contributed by atoms with Gasteiger partial charge in [-0.1, -0.05) is 18.2 Å². The molecule has 3 heterocycles. The summed E-state index contributed by atoms with van der Waals surface area (Å²) in [5.41, 5.74) is 0.853. The Morgan fingerprint density at radius 1 is 1.16 bits per heavy atom. The highest BCUT2D eigenvalue weighted by atomic mass is 35.5. The first-order valence-electron chi connectivity index (χ1n) is 7.70. The van der Waals surface area contributed by atoms with Crippen molar-refractivity contribution in [2.45, 2.75) is 5.92 Å². The maximum absolute atomic E-state index is 12.8. The zero-order chi connectivity index (χ0) is 15.6. The van der Waals surface area contributed by atoms with Crippen LogP contribution in [-0.4, -0.2) is 24.0 Å². The third-order valence-corrected chi connectivity index (χ3v) is 5.40. The Hall–Kier alpha value is -1.66. The van der Waals surface area contributed by atoms with E-state index in [1.807, 2.05) is 36.5 Å². The summed E-state index contributed by atoms with van der Waals surface area (Å²) in [6.45, 7) is 1.58. The molecule has 132 valence electrons. The van der Waals surface area contributed by atoms with Crippen LogP contribution in [-0.2, 0) is 4.79 Å². The lowest BCUT2D eigenvalue weighted by Crippen LogP contribution is -2.27. The summed E-state index contributed by atoms with van der Waals surface area (Å²) in [7, 11) is 0. The molecule has 2 aromatic heterocycles. The number of halogens is 2. The van der Waals surface area contributed by atoms with Crippen molar-refractivity contribution in [1.29, 1.82) is 0 Å². The van der Waals surface area contributed by atoms with E-state index in [9.17, 15) is 4.79 Å². The Bertz CT molecular complexity index is 836. The molecule has 0 aliphatic carbocycles. The van der Waals surface area contributed by atoms with Crippen LogP contribution in [0.15, 0.2) is 54.2 Å². The van der Waals surface area contributed by atoms with Crippen LogP contribution in [0.3, 0.4) is 0 Å². The van der Waals surface area contributed by atoms with Crippen molar-refractivity contribution in [2.24, 2.45) is 5.92 Å². The van der Waals surface area contributed by atoms with Crippen LogP contribution in [0.2, 0.25) is 0 Å². The molecule has 0 bridgehead atoms. The number of nitrogens with one attached hydrogen (secondary N) is 2. The smallest absolute Gasteiger partial charge is 0.229 e. The fourth-order valence-corrected chi connectivity index (χ4v) is 4.11. The van der Waals surface area contributed by atoms with Crippen molar-refractivity contribution < 1.29 is 4.79 Å². The predicted molar refractivity (Wildman–Crippen MR) is 108 cm³/mol. The fourth-order valence-electron chi connectivity index (χ4n) is 3.21. The number of anilines is 1. The van der Waals surface area contributed by atoms with Gasteiger partial charge in [-0.2, -0.15) is 0 Å². The third kappa shape index (κ3) is 3.96. The van der Waals surface area contributed by atoms with Gasteiger partial charge in [0.1, 0.15) is 0 Å². The van der Waals surface area contributed by atoms with E-state index >= 15 is 0 Å². The average molecular weight is 396 g/mol. The lowest BCUT2D eigenvalue weighted by Gasteiger charge is -2.17. The first kappa shape index (κ1) is 19.7. The largest absolute Gasteiger partial charge is 0.325 e. The molecule has 4 rings (SSSR count). The molecule has 1 aromatic carbocycles. The summed E-state index contributed by atoms with van der Waals surface area (Å²) in [4.78, 5) is 18.2. The first-order valence-corrected chi connectivity index (χ1v) is 8.58. The molecule has 7 heteroatoms. The van der Waals surface area contributed by atoms with Gasteiger partial charge in [-0.3, -0.25) is 9.78 Å². The molecule has 2 unspecified atom stereocenters. The topological polar surface area (TPSA) is 54.0 Å². The van der Waals surface area contributed by atoms with Crippen LogP contribution in [0, 0.1) is 5.92 Å². The monoisotopic (exact) mass is 395 g/mol. The zero-order valence-corrected chi connectivity index (χ0v) is 15.8. The Morgan fingerprint density at radius 3 is 2.84 bits per heavy atom. The van der Waals surface area contributed by atoms with Gasteiger partial charge in [-0.05, 0) is 23.6 Å². The van der Waals surface area contributed by atoms with Crippen LogP contribution in [0.1, 0.15) is 10.8 Å².